The summed E-state index contributed by atoms with van der Waals surface area (Å²) in [6, 6.07) is 6.08. The number of rotatable bonds is 4. The Morgan fingerprint density at radius 2 is 2.05 bits per heavy atom. The number of ether oxygens (including phenoxy) is 2. The molecule has 110 valence electrons. The molecule has 5 heteroatoms. The lowest BCUT2D eigenvalue weighted by molar-refractivity contribution is 0.0495. The molecular formula is C15H20FNO3. The molecule has 0 spiro atoms. The van der Waals surface area contributed by atoms with Crippen LogP contribution in [0.4, 0.5) is 9.18 Å². The summed E-state index contributed by atoms with van der Waals surface area (Å²) in [5.41, 5.74) is 0.414. The first-order valence-electron chi connectivity index (χ1n) is 6.69. The maximum Gasteiger partial charge on any atom is 0.407 e. The summed E-state index contributed by atoms with van der Waals surface area (Å²) < 4.78 is 23.4. The molecule has 1 fully saturated rings. The van der Waals surface area contributed by atoms with Gasteiger partial charge in [0.2, 0.25) is 0 Å². The second-order valence-corrected chi connectivity index (χ2v) is 5.96. The van der Waals surface area contributed by atoms with Crippen molar-refractivity contribution in [3.05, 3.63) is 35.6 Å². The number of alkyl carbamates (subject to hydrolysis) is 1. The second kappa shape index (κ2) is 5.79. The molecule has 0 saturated carbocycles. The third-order valence-electron chi connectivity index (χ3n) is 2.88. The normalized spacial score (nSPS) is 19.3. The van der Waals surface area contributed by atoms with Crippen molar-refractivity contribution in [2.45, 2.75) is 44.9 Å². The standard InChI is InChI=1S/C15H20FNO3/c1-15(2,3)20-14(18)17-12(13-9-19-13)8-10-4-6-11(16)7-5-10/h4-7,12-13H,8-9H2,1-3H3,(H,17,18)/t12-,13?/m0/s1. The first-order chi connectivity index (χ1) is 9.33. The van der Waals surface area contributed by atoms with Crippen LogP contribution in [-0.4, -0.2) is 30.4 Å². The van der Waals surface area contributed by atoms with Crippen LogP contribution in [0.2, 0.25) is 0 Å². The monoisotopic (exact) mass is 281 g/mol. The van der Waals surface area contributed by atoms with Crippen LogP contribution in [0.3, 0.4) is 0 Å². The molecule has 20 heavy (non-hydrogen) atoms. The Balaban J connectivity index is 1.94. The van der Waals surface area contributed by atoms with Gasteiger partial charge in [-0.3, -0.25) is 0 Å². The van der Waals surface area contributed by atoms with Crippen molar-refractivity contribution in [3.63, 3.8) is 0 Å². The molecule has 0 radical (unpaired) electrons. The Kier molecular flexibility index (Phi) is 4.28. The van der Waals surface area contributed by atoms with E-state index in [9.17, 15) is 9.18 Å². The van der Waals surface area contributed by atoms with Crippen molar-refractivity contribution in [2.75, 3.05) is 6.61 Å². The highest BCUT2D eigenvalue weighted by Gasteiger charge is 2.34. The zero-order valence-corrected chi connectivity index (χ0v) is 12.0. The topological polar surface area (TPSA) is 50.9 Å². The highest BCUT2D eigenvalue weighted by molar-refractivity contribution is 5.68. The summed E-state index contributed by atoms with van der Waals surface area (Å²) >= 11 is 0. The lowest BCUT2D eigenvalue weighted by Gasteiger charge is -2.23. The van der Waals surface area contributed by atoms with Crippen LogP contribution in [0.25, 0.3) is 0 Å². The Labute approximate surface area is 118 Å². The Bertz CT molecular complexity index is 463. The largest absolute Gasteiger partial charge is 0.444 e. The number of benzene rings is 1. The molecule has 1 heterocycles. The van der Waals surface area contributed by atoms with Crippen LogP contribution >= 0.6 is 0 Å². The minimum absolute atomic E-state index is 0.00701. The van der Waals surface area contributed by atoms with Crippen LogP contribution < -0.4 is 5.32 Å². The van der Waals surface area contributed by atoms with Gasteiger partial charge in [0.25, 0.3) is 0 Å². The highest BCUT2D eigenvalue weighted by atomic mass is 19.1. The third-order valence-corrected chi connectivity index (χ3v) is 2.88. The first-order valence-corrected chi connectivity index (χ1v) is 6.69. The molecule has 4 nitrogen and oxygen atoms in total. The smallest absolute Gasteiger partial charge is 0.407 e. The fourth-order valence-corrected chi connectivity index (χ4v) is 1.90. The second-order valence-electron chi connectivity index (χ2n) is 5.96. The van der Waals surface area contributed by atoms with Crippen LogP contribution in [-0.2, 0) is 15.9 Å². The van der Waals surface area contributed by atoms with Crippen LogP contribution in [0, 0.1) is 5.82 Å². The number of amides is 1. The van der Waals surface area contributed by atoms with Crippen molar-refractivity contribution >= 4 is 6.09 Å². The Morgan fingerprint density at radius 3 is 2.55 bits per heavy atom. The number of carbonyl (C=O) groups is 1. The SMILES string of the molecule is CC(C)(C)OC(=O)N[C@@H](Cc1ccc(F)cc1)C1CO1. The zero-order valence-electron chi connectivity index (χ0n) is 12.0. The zero-order chi connectivity index (χ0) is 14.8. The first kappa shape index (κ1) is 14.8. The van der Waals surface area contributed by atoms with Crippen molar-refractivity contribution in [3.8, 4) is 0 Å². The van der Waals surface area contributed by atoms with Gasteiger partial charge in [-0.15, -0.1) is 0 Å². The fourth-order valence-electron chi connectivity index (χ4n) is 1.90. The van der Waals surface area contributed by atoms with E-state index in [4.69, 9.17) is 9.47 Å². The fraction of sp³-hybridized carbons (Fsp3) is 0.533. The average molecular weight is 281 g/mol. The molecule has 1 N–H and O–H groups in total. The summed E-state index contributed by atoms with van der Waals surface area (Å²) in [6.45, 7) is 6.07. The maximum absolute atomic E-state index is 12.9. The molecule has 1 saturated heterocycles. The van der Waals surface area contributed by atoms with E-state index in [1.807, 2.05) is 20.8 Å². The van der Waals surface area contributed by atoms with Gasteiger partial charge in [0.1, 0.15) is 17.5 Å². The van der Waals surface area contributed by atoms with E-state index in [1.54, 1.807) is 12.1 Å². The molecule has 1 aliphatic heterocycles. The van der Waals surface area contributed by atoms with E-state index >= 15 is 0 Å². The van der Waals surface area contributed by atoms with Gasteiger partial charge in [-0.25, -0.2) is 9.18 Å². The lowest BCUT2D eigenvalue weighted by atomic mass is 10.0. The van der Waals surface area contributed by atoms with Crippen LogP contribution in [0.5, 0.6) is 0 Å². The Hall–Kier alpha value is -1.62. The molecule has 1 aromatic carbocycles. The molecule has 0 aliphatic carbocycles. The van der Waals surface area contributed by atoms with Crippen molar-refractivity contribution < 1.29 is 18.7 Å². The number of hydrogen-bond donors (Lipinski definition) is 1. The minimum atomic E-state index is -0.533. The summed E-state index contributed by atoms with van der Waals surface area (Å²) in [5, 5.41) is 2.82. The third kappa shape index (κ3) is 4.81. The summed E-state index contributed by atoms with van der Waals surface area (Å²) in [7, 11) is 0. The van der Waals surface area contributed by atoms with Gasteiger partial charge < -0.3 is 14.8 Å². The van der Waals surface area contributed by atoms with E-state index in [0.29, 0.717) is 13.0 Å². The van der Waals surface area contributed by atoms with Gasteiger partial charge >= 0.3 is 6.09 Å². The molecule has 1 amide bonds. The van der Waals surface area contributed by atoms with E-state index < -0.39 is 11.7 Å². The molecule has 2 atom stereocenters. The molecular weight excluding hydrogens is 261 g/mol. The van der Waals surface area contributed by atoms with Gasteiger partial charge in [-0.2, -0.15) is 0 Å². The minimum Gasteiger partial charge on any atom is -0.444 e. The molecule has 2 rings (SSSR count). The quantitative estimate of drug-likeness (QED) is 0.863. The maximum atomic E-state index is 12.9. The van der Waals surface area contributed by atoms with E-state index in [-0.39, 0.29) is 18.0 Å². The number of nitrogens with one attached hydrogen (secondary N) is 1. The highest BCUT2D eigenvalue weighted by Crippen LogP contribution is 2.19. The number of hydrogen-bond acceptors (Lipinski definition) is 3. The van der Waals surface area contributed by atoms with Crippen LogP contribution in [0.15, 0.2) is 24.3 Å². The van der Waals surface area contributed by atoms with Gasteiger partial charge in [0.15, 0.2) is 0 Å². The Morgan fingerprint density at radius 1 is 1.45 bits per heavy atom. The predicted octanol–water partition coefficient (Wildman–Crippen LogP) is 2.66. The van der Waals surface area contributed by atoms with E-state index in [1.165, 1.54) is 12.1 Å². The molecule has 0 bridgehead atoms. The summed E-state index contributed by atoms with van der Waals surface area (Å²) in [5.74, 6) is -0.270. The molecule has 1 aromatic rings. The molecule has 0 aromatic heterocycles. The van der Waals surface area contributed by atoms with Crippen molar-refractivity contribution in [1.82, 2.24) is 5.32 Å². The van der Waals surface area contributed by atoms with Crippen LogP contribution in [0.1, 0.15) is 26.3 Å². The summed E-state index contributed by atoms with van der Waals surface area (Å²) in [4.78, 5) is 11.8. The van der Waals surface area contributed by atoms with E-state index in [0.717, 1.165) is 5.56 Å². The van der Waals surface area contributed by atoms with E-state index in [2.05, 4.69) is 5.32 Å². The van der Waals surface area contributed by atoms with Gasteiger partial charge in [-0.05, 0) is 44.9 Å². The molecule has 1 unspecified atom stereocenters. The number of carbonyl (C=O) groups excluding carboxylic acids is 1. The van der Waals surface area contributed by atoms with Crippen molar-refractivity contribution in [2.24, 2.45) is 0 Å². The molecule has 1 aliphatic rings. The lowest BCUT2D eigenvalue weighted by Crippen LogP contribution is -2.43. The van der Waals surface area contributed by atoms with Gasteiger partial charge in [0, 0.05) is 0 Å². The summed E-state index contributed by atoms with van der Waals surface area (Å²) in [6.07, 6.45) is 0.136. The average Bonchev–Trinajstić information content (AvgIpc) is 3.12. The number of epoxide rings is 1. The number of halogens is 1. The van der Waals surface area contributed by atoms with Crippen molar-refractivity contribution in [1.29, 1.82) is 0 Å². The predicted molar refractivity (Wildman–Crippen MR) is 73.0 cm³/mol. The van der Waals surface area contributed by atoms with Gasteiger partial charge in [0.05, 0.1) is 12.6 Å². The van der Waals surface area contributed by atoms with Gasteiger partial charge in [-0.1, -0.05) is 12.1 Å².